The number of aromatic nitrogens is 1. The van der Waals surface area contributed by atoms with Gasteiger partial charge in [-0.2, -0.15) is 0 Å². The third-order valence-corrected chi connectivity index (χ3v) is 2.99. The summed E-state index contributed by atoms with van der Waals surface area (Å²) in [5, 5.41) is 2.75. The first kappa shape index (κ1) is 10.1. The lowest BCUT2D eigenvalue weighted by Crippen LogP contribution is -2.12. The zero-order valence-corrected chi connectivity index (χ0v) is 9.23. The molecule has 15 heavy (non-hydrogen) atoms. The highest BCUT2D eigenvalue weighted by molar-refractivity contribution is 7.18. The number of nitrogens with one attached hydrogen (secondary N) is 2. The minimum Gasteiger partial charge on any atom is -0.316 e. The van der Waals surface area contributed by atoms with Gasteiger partial charge in [0.2, 0.25) is 0 Å². The summed E-state index contributed by atoms with van der Waals surface area (Å²) in [6.45, 7) is 0. The van der Waals surface area contributed by atoms with Gasteiger partial charge in [-0.3, -0.25) is 4.79 Å². The number of H-pyrrole nitrogens is 1. The molecule has 2 aromatic heterocycles. The highest BCUT2D eigenvalue weighted by Gasteiger charge is 2.09. The van der Waals surface area contributed by atoms with Crippen molar-refractivity contribution in [1.82, 2.24) is 0 Å². The first-order valence-electron chi connectivity index (χ1n) is 4.28. The van der Waals surface area contributed by atoms with Gasteiger partial charge in [0.05, 0.1) is 9.21 Å². The number of hydrogen-bond donors (Lipinski definition) is 1. The number of carbonyl (C=O) groups is 1. The van der Waals surface area contributed by atoms with Crippen LogP contribution in [-0.2, 0) is 0 Å². The fourth-order valence-electron chi connectivity index (χ4n) is 1.10. The largest absolute Gasteiger partial charge is 0.316 e. The van der Waals surface area contributed by atoms with Crippen molar-refractivity contribution in [3.63, 3.8) is 0 Å². The first-order chi connectivity index (χ1) is 7.25. The lowest BCUT2D eigenvalue weighted by molar-refractivity contribution is -0.377. The van der Waals surface area contributed by atoms with E-state index in [-0.39, 0.29) is 5.91 Å². The molecule has 2 N–H and O–H groups in total. The molecular weight excluding hydrogens is 232 g/mol. The average molecular weight is 240 g/mol. The molecule has 0 unspecified atom stereocenters. The van der Waals surface area contributed by atoms with E-state index in [0.717, 1.165) is 5.69 Å². The third kappa shape index (κ3) is 2.55. The Bertz CT molecular complexity index is 469. The number of thiophene rings is 1. The number of hydrogen-bond acceptors (Lipinski definition) is 2. The van der Waals surface area contributed by atoms with Gasteiger partial charge in [0.1, 0.15) is 5.69 Å². The summed E-state index contributed by atoms with van der Waals surface area (Å²) in [6, 6.07) is 7.04. The second-order valence-electron chi connectivity index (χ2n) is 2.85. The Labute approximate surface area is 95.7 Å². The van der Waals surface area contributed by atoms with Crippen LogP contribution in [0.4, 0.5) is 5.69 Å². The molecule has 0 aliphatic rings. The lowest BCUT2D eigenvalue weighted by atomic mass is 10.4. The molecule has 0 bridgehead atoms. The van der Waals surface area contributed by atoms with Gasteiger partial charge in [-0.15, -0.1) is 11.3 Å². The predicted molar refractivity (Wildman–Crippen MR) is 60.3 cm³/mol. The minimum absolute atomic E-state index is 0.147. The molecule has 0 aliphatic carbocycles. The summed E-state index contributed by atoms with van der Waals surface area (Å²) in [5.41, 5.74) is 0.729. The van der Waals surface area contributed by atoms with E-state index in [9.17, 15) is 4.79 Å². The van der Waals surface area contributed by atoms with Crippen LogP contribution in [-0.4, -0.2) is 5.91 Å². The van der Waals surface area contributed by atoms with E-state index in [2.05, 4.69) is 10.3 Å². The zero-order chi connectivity index (χ0) is 10.7. The molecule has 0 aromatic carbocycles. The van der Waals surface area contributed by atoms with Gasteiger partial charge in [-0.25, -0.2) is 4.98 Å². The normalized spacial score (nSPS) is 9.93. The number of carbonyl (C=O) groups excluding carboxylic acids is 1. The second kappa shape index (κ2) is 4.42. The Morgan fingerprint density at radius 3 is 2.87 bits per heavy atom. The molecule has 76 valence electrons. The van der Waals surface area contributed by atoms with Crippen molar-refractivity contribution >= 4 is 34.5 Å². The Morgan fingerprint density at radius 2 is 2.27 bits per heavy atom. The van der Waals surface area contributed by atoms with E-state index in [0.29, 0.717) is 9.21 Å². The van der Waals surface area contributed by atoms with Crippen LogP contribution in [0.5, 0.6) is 0 Å². The molecule has 1 amide bonds. The highest BCUT2D eigenvalue weighted by Crippen LogP contribution is 2.22. The molecule has 0 saturated carbocycles. The maximum atomic E-state index is 11.7. The molecule has 2 rings (SSSR count). The standard InChI is InChI=1S/C10H7ClN2OS/c11-9-4-3-8(15-9)10(14)13-7-2-1-5-12-6-7/h1-6H,(H,13,14)/p+1. The quantitative estimate of drug-likeness (QED) is 0.860. The van der Waals surface area contributed by atoms with E-state index in [1.54, 1.807) is 24.5 Å². The number of amides is 1. The molecule has 0 radical (unpaired) electrons. The van der Waals surface area contributed by atoms with Crippen LogP contribution < -0.4 is 10.3 Å². The van der Waals surface area contributed by atoms with Crippen molar-refractivity contribution in [1.29, 1.82) is 0 Å². The molecule has 2 heterocycles. The number of aromatic amines is 1. The van der Waals surface area contributed by atoms with Crippen LogP contribution in [0.15, 0.2) is 36.7 Å². The molecular formula is C10H8ClN2OS+. The number of halogens is 1. The van der Waals surface area contributed by atoms with Gasteiger partial charge in [0.15, 0.2) is 12.4 Å². The fourth-order valence-corrected chi connectivity index (χ4v) is 2.04. The summed E-state index contributed by atoms with van der Waals surface area (Å²) in [5.74, 6) is -0.147. The highest BCUT2D eigenvalue weighted by atomic mass is 35.5. The van der Waals surface area contributed by atoms with Gasteiger partial charge in [0.25, 0.3) is 5.91 Å². The van der Waals surface area contributed by atoms with Gasteiger partial charge in [-0.1, -0.05) is 11.6 Å². The average Bonchev–Trinajstić information content (AvgIpc) is 2.66. The van der Waals surface area contributed by atoms with E-state index < -0.39 is 0 Å². The van der Waals surface area contributed by atoms with E-state index in [4.69, 9.17) is 11.6 Å². The molecule has 5 heteroatoms. The first-order valence-corrected chi connectivity index (χ1v) is 5.48. The van der Waals surface area contributed by atoms with Crippen LogP contribution >= 0.6 is 22.9 Å². The Balaban J connectivity index is 2.11. The van der Waals surface area contributed by atoms with Crippen LogP contribution in [0.3, 0.4) is 0 Å². The van der Waals surface area contributed by atoms with E-state index >= 15 is 0 Å². The van der Waals surface area contributed by atoms with Crippen molar-refractivity contribution in [3.8, 4) is 0 Å². The molecule has 0 aliphatic heterocycles. The summed E-state index contributed by atoms with van der Waals surface area (Å²) >= 11 is 7.00. The van der Waals surface area contributed by atoms with Gasteiger partial charge < -0.3 is 5.32 Å². The zero-order valence-electron chi connectivity index (χ0n) is 7.66. The molecule has 0 spiro atoms. The van der Waals surface area contributed by atoms with Crippen molar-refractivity contribution in [3.05, 3.63) is 45.9 Å². The molecule has 0 atom stereocenters. The number of pyridine rings is 1. The van der Waals surface area contributed by atoms with Crippen molar-refractivity contribution in [2.24, 2.45) is 0 Å². The molecule has 0 fully saturated rings. The van der Waals surface area contributed by atoms with Crippen molar-refractivity contribution in [2.75, 3.05) is 5.32 Å². The Kier molecular flexibility index (Phi) is 2.99. The Morgan fingerprint density at radius 1 is 1.40 bits per heavy atom. The van der Waals surface area contributed by atoms with E-state index in [1.165, 1.54) is 11.3 Å². The van der Waals surface area contributed by atoms with Crippen LogP contribution in [0.2, 0.25) is 4.34 Å². The third-order valence-electron chi connectivity index (χ3n) is 1.76. The van der Waals surface area contributed by atoms with E-state index in [1.807, 2.05) is 12.1 Å². The van der Waals surface area contributed by atoms with Gasteiger partial charge in [0, 0.05) is 6.07 Å². The van der Waals surface area contributed by atoms with Crippen molar-refractivity contribution in [2.45, 2.75) is 0 Å². The van der Waals surface area contributed by atoms with Crippen LogP contribution in [0.25, 0.3) is 0 Å². The molecule has 3 nitrogen and oxygen atoms in total. The summed E-state index contributed by atoms with van der Waals surface area (Å²) in [6.07, 6.45) is 3.49. The molecule has 2 aromatic rings. The van der Waals surface area contributed by atoms with Crippen molar-refractivity contribution < 1.29 is 9.78 Å². The summed E-state index contributed by atoms with van der Waals surface area (Å²) < 4.78 is 0.611. The maximum absolute atomic E-state index is 11.7. The predicted octanol–water partition coefficient (Wildman–Crippen LogP) is 2.47. The van der Waals surface area contributed by atoms with Gasteiger partial charge >= 0.3 is 0 Å². The number of rotatable bonds is 2. The monoisotopic (exact) mass is 239 g/mol. The lowest BCUT2D eigenvalue weighted by Gasteiger charge is -1.99. The Hall–Kier alpha value is -1.39. The fraction of sp³-hybridized carbons (Fsp3) is 0. The molecule has 0 saturated heterocycles. The second-order valence-corrected chi connectivity index (χ2v) is 4.57. The smallest absolute Gasteiger partial charge is 0.265 e. The SMILES string of the molecule is O=C(Nc1ccc[nH+]c1)c1ccc(Cl)s1. The van der Waals surface area contributed by atoms with Gasteiger partial charge in [-0.05, 0) is 18.2 Å². The topological polar surface area (TPSA) is 43.2 Å². The van der Waals surface area contributed by atoms with Crippen LogP contribution in [0.1, 0.15) is 9.67 Å². The summed E-state index contributed by atoms with van der Waals surface area (Å²) in [7, 11) is 0. The minimum atomic E-state index is -0.147. The summed E-state index contributed by atoms with van der Waals surface area (Å²) in [4.78, 5) is 15.1. The maximum Gasteiger partial charge on any atom is 0.265 e. The number of anilines is 1. The van der Waals surface area contributed by atoms with Crippen LogP contribution in [0, 0.1) is 0 Å².